The van der Waals surface area contributed by atoms with Crippen LogP contribution in [0.25, 0.3) is 0 Å². The Morgan fingerprint density at radius 3 is 2.93 bits per heavy atom. The third-order valence-electron chi connectivity index (χ3n) is 4.52. The first kappa shape index (κ1) is 20.1. The number of aromatic nitrogens is 2. The van der Waals surface area contributed by atoms with Gasteiger partial charge in [0.1, 0.15) is 30.2 Å². The van der Waals surface area contributed by atoms with Crippen LogP contribution in [0.1, 0.15) is 26.5 Å². The summed E-state index contributed by atoms with van der Waals surface area (Å²) in [5.74, 6) is -1.15. The number of hydrogen-bond acceptors (Lipinski definition) is 10. The minimum absolute atomic E-state index is 0.0228. The number of fused-ring (bicyclic) bond motifs is 1. The lowest BCUT2D eigenvalue weighted by molar-refractivity contribution is -0.139. The average Bonchev–Trinajstić information content (AvgIpc) is 2.83. The molecule has 0 bridgehead atoms. The van der Waals surface area contributed by atoms with E-state index in [9.17, 15) is 19.6 Å². The van der Waals surface area contributed by atoms with Crippen molar-refractivity contribution in [3.05, 3.63) is 22.7 Å². The average molecular weight is 405 g/mol. The molecule has 0 saturated carbocycles. The molecule has 0 aliphatic carbocycles. The van der Waals surface area contributed by atoms with E-state index < -0.39 is 49.8 Å². The van der Waals surface area contributed by atoms with Crippen molar-refractivity contribution in [1.29, 1.82) is 0 Å². The molecule has 27 heavy (non-hydrogen) atoms. The number of anilines is 1. The van der Waals surface area contributed by atoms with E-state index in [2.05, 4.69) is 10.1 Å². The van der Waals surface area contributed by atoms with Crippen molar-refractivity contribution < 1.29 is 33.7 Å². The number of aliphatic carboxylic acids is 1. The molecule has 1 aromatic rings. The highest BCUT2D eigenvalue weighted by molar-refractivity contribution is 7.58. The molecule has 0 aromatic carbocycles. The van der Waals surface area contributed by atoms with Crippen molar-refractivity contribution in [2.75, 3.05) is 12.3 Å². The van der Waals surface area contributed by atoms with Crippen molar-refractivity contribution in [3.63, 3.8) is 0 Å². The van der Waals surface area contributed by atoms with E-state index >= 15 is 0 Å². The molecule has 6 atom stereocenters. The van der Waals surface area contributed by atoms with Crippen LogP contribution in [-0.4, -0.2) is 61.1 Å². The van der Waals surface area contributed by atoms with Gasteiger partial charge in [-0.3, -0.25) is 9.36 Å². The Labute approximate surface area is 154 Å². The smallest absolute Gasteiger partial charge is 0.480 e. The number of aliphatic hydroxyl groups is 1. The van der Waals surface area contributed by atoms with E-state index in [1.165, 1.54) is 19.2 Å². The summed E-state index contributed by atoms with van der Waals surface area (Å²) in [7, 11) is -3.77. The highest BCUT2D eigenvalue weighted by atomic mass is 31.2. The lowest BCUT2D eigenvalue weighted by Gasteiger charge is -2.33. The first-order chi connectivity index (χ1) is 12.6. The maximum absolute atomic E-state index is 12.1. The fraction of sp³-hybridized carbons (Fsp3) is 0.643. The molecular weight excluding hydrogens is 383 g/mol. The SMILES string of the molecule is CC[C@H](N[P+]1(O)OC[C@H]2O[C@@H](n3ccc(N)nc3=O)[C@](C)(O)[C@@H]2O1)C(=O)O. The quantitative estimate of drug-likeness (QED) is 0.380. The largest absolute Gasteiger partial charge is 0.500 e. The van der Waals surface area contributed by atoms with E-state index in [-0.39, 0.29) is 18.8 Å². The maximum Gasteiger partial charge on any atom is 0.500 e. The Bertz CT molecular complexity index is 789. The molecule has 12 nitrogen and oxygen atoms in total. The molecule has 13 heteroatoms. The number of hydrogen-bond donors (Lipinski definition) is 5. The molecule has 2 fully saturated rings. The van der Waals surface area contributed by atoms with Crippen LogP contribution in [0.4, 0.5) is 5.82 Å². The Morgan fingerprint density at radius 1 is 1.63 bits per heavy atom. The van der Waals surface area contributed by atoms with E-state index in [0.29, 0.717) is 0 Å². The van der Waals surface area contributed by atoms with Crippen molar-refractivity contribution >= 4 is 19.9 Å². The summed E-state index contributed by atoms with van der Waals surface area (Å²) in [4.78, 5) is 37.5. The predicted molar refractivity (Wildman–Crippen MR) is 92.3 cm³/mol. The molecule has 0 amide bonds. The number of nitrogen functional groups attached to an aromatic ring is 1. The third-order valence-corrected chi connectivity index (χ3v) is 6.17. The van der Waals surface area contributed by atoms with Gasteiger partial charge in [-0.2, -0.15) is 18.9 Å². The van der Waals surface area contributed by atoms with Crippen molar-refractivity contribution in [3.8, 4) is 0 Å². The van der Waals surface area contributed by atoms with Gasteiger partial charge in [0, 0.05) is 6.20 Å². The number of ether oxygens (including phenoxy) is 1. The second-order valence-electron chi connectivity index (χ2n) is 6.57. The number of carboxylic acid groups (broad SMARTS) is 1. The van der Waals surface area contributed by atoms with Gasteiger partial charge in [0.05, 0.1) is 0 Å². The maximum atomic E-state index is 12.1. The summed E-state index contributed by atoms with van der Waals surface area (Å²) in [5, 5.41) is 22.6. The van der Waals surface area contributed by atoms with Gasteiger partial charge >= 0.3 is 19.8 Å². The number of carboxylic acids is 1. The van der Waals surface area contributed by atoms with Crippen LogP contribution in [0.5, 0.6) is 0 Å². The molecule has 2 aliphatic heterocycles. The molecule has 1 unspecified atom stereocenters. The molecule has 0 spiro atoms. The second-order valence-corrected chi connectivity index (χ2v) is 8.33. The normalized spacial score (nSPS) is 37.0. The minimum atomic E-state index is -3.77. The van der Waals surface area contributed by atoms with E-state index in [0.717, 1.165) is 4.57 Å². The monoisotopic (exact) mass is 405 g/mol. The van der Waals surface area contributed by atoms with Crippen LogP contribution in [-0.2, 0) is 18.6 Å². The van der Waals surface area contributed by atoms with Gasteiger partial charge in [0.2, 0.25) is 0 Å². The van der Waals surface area contributed by atoms with Gasteiger partial charge in [-0.15, -0.1) is 5.09 Å². The molecule has 2 saturated heterocycles. The Kier molecular flexibility index (Phi) is 5.25. The lowest BCUT2D eigenvalue weighted by atomic mass is 9.96. The van der Waals surface area contributed by atoms with E-state index in [4.69, 9.17) is 24.6 Å². The molecule has 1 aromatic heterocycles. The van der Waals surface area contributed by atoms with Gasteiger partial charge in [0.15, 0.2) is 12.3 Å². The van der Waals surface area contributed by atoms with Gasteiger partial charge in [0.25, 0.3) is 0 Å². The number of rotatable bonds is 5. The topological polar surface area (TPSA) is 178 Å². The Morgan fingerprint density at radius 2 is 2.33 bits per heavy atom. The zero-order valence-corrected chi connectivity index (χ0v) is 15.6. The fourth-order valence-electron chi connectivity index (χ4n) is 3.09. The zero-order chi connectivity index (χ0) is 20.0. The molecule has 0 radical (unpaired) electrons. The summed E-state index contributed by atoms with van der Waals surface area (Å²) in [5.41, 5.74) is 3.01. The molecule has 150 valence electrons. The van der Waals surface area contributed by atoms with Crippen LogP contribution >= 0.6 is 8.09 Å². The molecule has 3 heterocycles. The van der Waals surface area contributed by atoms with Crippen LogP contribution in [0.2, 0.25) is 0 Å². The molecule has 2 aliphatic rings. The van der Waals surface area contributed by atoms with Crippen LogP contribution in [0.15, 0.2) is 17.1 Å². The predicted octanol–water partition coefficient (Wildman–Crippen LogP) is -0.988. The zero-order valence-electron chi connectivity index (χ0n) is 14.7. The second kappa shape index (κ2) is 7.06. The van der Waals surface area contributed by atoms with Gasteiger partial charge in [-0.05, 0) is 19.4 Å². The number of nitrogens with one attached hydrogen (secondary N) is 1. The summed E-state index contributed by atoms with van der Waals surface area (Å²) in [6.07, 6.45) is -1.51. The number of carbonyl (C=O) groups is 1. The number of nitrogens with two attached hydrogens (primary N) is 1. The molecular formula is C14H22N4O8P+. The van der Waals surface area contributed by atoms with E-state index in [1.54, 1.807) is 6.92 Å². The molecule has 6 N–H and O–H groups in total. The van der Waals surface area contributed by atoms with Crippen LogP contribution in [0, 0.1) is 0 Å². The van der Waals surface area contributed by atoms with Crippen molar-refractivity contribution in [2.45, 2.75) is 50.3 Å². The summed E-state index contributed by atoms with van der Waals surface area (Å²) >= 11 is 0. The first-order valence-corrected chi connectivity index (χ1v) is 9.83. The van der Waals surface area contributed by atoms with Crippen LogP contribution in [0.3, 0.4) is 0 Å². The highest BCUT2D eigenvalue weighted by Gasteiger charge is 2.65. The van der Waals surface area contributed by atoms with Crippen LogP contribution < -0.4 is 16.5 Å². The van der Waals surface area contributed by atoms with Gasteiger partial charge in [-0.1, -0.05) is 6.92 Å². The fourth-order valence-corrected chi connectivity index (χ4v) is 4.98. The summed E-state index contributed by atoms with van der Waals surface area (Å²) < 4.78 is 17.6. The van der Waals surface area contributed by atoms with Crippen molar-refractivity contribution in [2.24, 2.45) is 0 Å². The number of nitrogens with zero attached hydrogens (tertiary/aromatic N) is 2. The van der Waals surface area contributed by atoms with Gasteiger partial charge in [-0.25, -0.2) is 4.79 Å². The third kappa shape index (κ3) is 3.69. The van der Waals surface area contributed by atoms with E-state index in [1.807, 2.05) is 0 Å². The molecule has 3 rings (SSSR count). The standard InChI is InChI=1S/C14H21N4O8P/c1-3-7(11(19)20)17-27(23)24-6-8-10(26-27)14(2,22)12(25-8)18-5-4-9(15)16-13(18)21/h4-5,7-8,10,12,17,22-23H,3,6H2,1-2H3,(H2-,15,16,19,20,21)/p+1/t7-,8+,10+,12+,14+,27?/m0/s1. The minimum Gasteiger partial charge on any atom is -0.480 e. The highest BCUT2D eigenvalue weighted by Crippen LogP contribution is 2.61. The Balaban J connectivity index is 1.84. The first-order valence-electron chi connectivity index (χ1n) is 8.25. The van der Waals surface area contributed by atoms with Crippen molar-refractivity contribution in [1.82, 2.24) is 14.6 Å². The van der Waals surface area contributed by atoms with Gasteiger partial charge < -0.3 is 20.7 Å². The summed E-state index contributed by atoms with van der Waals surface area (Å²) in [6.45, 7) is 2.84. The summed E-state index contributed by atoms with van der Waals surface area (Å²) in [6, 6.07) is 0.288. The Hall–Kier alpha value is -1.66. The lowest BCUT2D eigenvalue weighted by Crippen LogP contribution is -2.51.